The van der Waals surface area contributed by atoms with Gasteiger partial charge in [0.05, 0.1) is 46.8 Å². The zero-order valence-corrected chi connectivity index (χ0v) is 20.9. The summed E-state index contributed by atoms with van der Waals surface area (Å²) in [6.45, 7) is 7.33. The first-order valence-electron chi connectivity index (χ1n) is 12.0. The van der Waals surface area contributed by atoms with Crippen LogP contribution >= 0.6 is 0 Å². The molecule has 2 heterocycles. The first-order valence-corrected chi connectivity index (χ1v) is 12.0. The van der Waals surface area contributed by atoms with E-state index in [9.17, 15) is 14.7 Å². The van der Waals surface area contributed by atoms with Gasteiger partial charge >= 0.3 is 0 Å². The average molecular weight is 490 g/mol. The zero-order valence-electron chi connectivity index (χ0n) is 20.9. The fourth-order valence-corrected chi connectivity index (χ4v) is 3.52. The monoisotopic (exact) mass is 489 g/mol. The summed E-state index contributed by atoms with van der Waals surface area (Å²) in [5.41, 5.74) is 1.94. The van der Waals surface area contributed by atoms with Crippen molar-refractivity contribution in [2.24, 2.45) is 0 Å². The summed E-state index contributed by atoms with van der Waals surface area (Å²) in [6.07, 6.45) is 8.25. The number of rotatable bonds is 9. The van der Waals surface area contributed by atoms with Crippen LogP contribution in [0.1, 0.15) is 84.5 Å². The second-order valence-electron chi connectivity index (χ2n) is 9.93. The Hall–Kier alpha value is -3.92. The Kier molecular flexibility index (Phi) is 7.25. The van der Waals surface area contributed by atoms with E-state index >= 15 is 0 Å². The van der Waals surface area contributed by atoms with Gasteiger partial charge in [0.15, 0.2) is 11.5 Å². The van der Waals surface area contributed by atoms with E-state index in [1.54, 1.807) is 44.6 Å². The van der Waals surface area contributed by atoms with Gasteiger partial charge in [0.25, 0.3) is 11.8 Å². The predicted octanol–water partition coefficient (Wildman–Crippen LogP) is 3.76. The lowest BCUT2D eigenvalue weighted by atomic mass is 9.99. The van der Waals surface area contributed by atoms with Crippen LogP contribution in [-0.4, -0.2) is 49.0 Å². The minimum atomic E-state index is -1.07. The minimum absolute atomic E-state index is 0.0627. The first kappa shape index (κ1) is 25.2. The predicted molar refractivity (Wildman–Crippen MR) is 136 cm³/mol. The zero-order chi connectivity index (χ0) is 25.9. The van der Waals surface area contributed by atoms with Crippen molar-refractivity contribution in [2.75, 3.05) is 17.2 Å². The highest BCUT2D eigenvalue weighted by atomic mass is 16.3. The summed E-state index contributed by atoms with van der Waals surface area (Å²) in [5.74, 6) is -0.156. The molecule has 3 aromatic rings. The molecule has 0 atom stereocenters. The molecule has 1 aliphatic carbocycles. The van der Waals surface area contributed by atoms with Gasteiger partial charge in [-0.3, -0.25) is 9.59 Å². The molecular formula is C26H31N7O3. The molecule has 0 bridgehead atoms. The van der Waals surface area contributed by atoms with Gasteiger partial charge in [-0.1, -0.05) is 19.9 Å². The highest BCUT2D eigenvalue weighted by Gasteiger charge is 2.28. The van der Waals surface area contributed by atoms with E-state index in [0.717, 1.165) is 24.1 Å². The molecule has 4 rings (SSSR count). The van der Waals surface area contributed by atoms with Crippen LogP contribution in [0.5, 0.6) is 0 Å². The minimum Gasteiger partial charge on any atom is -0.389 e. The fraction of sp³-hybridized carbons (Fsp3) is 0.385. The lowest BCUT2D eigenvalue weighted by Gasteiger charge is -2.19. The van der Waals surface area contributed by atoms with Crippen LogP contribution in [0.2, 0.25) is 0 Å². The molecule has 10 nitrogen and oxygen atoms in total. The van der Waals surface area contributed by atoms with Crippen molar-refractivity contribution < 1.29 is 14.7 Å². The van der Waals surface area contributed by atoms with Crippen molar-refractivity contribution in [1.82, 2.24) is 25.3 Å². The number of anilines is 3. The van der Waals surface area contributed by atoms with Crippen molar-refractivity contribution in [1.29, 1.82) is 0 Å². The lowest BCUT2D eigenvalue weighted by Crippen LogP contribution is -2.38. The molecule has 2 aromatic heterocycles. The van der Waals surface area contributed by atoms with E-state index in [4.69, 9.17) is 0 Å². The van der Waals surface area contributed by atoms with E-state index in [1.807, 2.05) is 19.9 Å². The van der Waals surface area contributed by atoms with Crippen molar-refractivity contribution in [2.45, 2.75) is 58.0 Å². The molecule has 188 valence electrons. The number of benzene rings is 1. The maximum absolute atomic E-state index is 13.5. The molecule has 0 spiro atoms. The molecule has 10 heteroatoms. The molecule has 2 amide bonds. The second-order valence-corrected chi connectivity index (χ2v) is 9.93. The Balaban J connectivity index is 1.65. The van der Waals surface area contributed by atoms with Crippen LogP contribution in [0, 0.1) is 0 Å². The maximum atomic E-state index is 13.5. The molecule has 1 aliphatic rings. The fourth-order valence-electron chi connectivity index (χ4n) is 3.52. The Bertz CT molecular complexity index is 1250. The third-order valence-electron chi connectivity index (χ3n) is 5.71. The number of amides is 2. The molecule has 0 saturated heterocycles. The van der Waals surface area contributed by atoms with E-state index < -0.39 is 17.4 Å². The highest BCUT2D eigenvalue weighted by Crippen LogP contribution is 2.39. The number of aromatic nitrogens is 4. The quantitative estimate of drug-likeness (QED) is 0.356. The number of carbonyl (C=O) groups is 2. The normalized spacial score (nSPS) is 13.4. The third-order valence-corrected chi connectivity index (χ3v) is 5.71. The Morgan fingerprint density at radius 3 is 2.47 bits per heavy atom. The van der Waals surface area contributed by atoms with E-state index in [1.165, 1.54) is 6.33 Å². The molecule has 1 fully saturated rings. The van der Waals surface area contributed by atoms with Gasteiger partial charge in [-0.15, -0.1) is 0 Å². The SMILES string of the molecule is CC(C)c1ccc(NC(=O)c2nc(C3CC3)cnc2Nc2cncnc2)c(C(=O)NCC(C)(C)O)c1. The number of aliphatic hydroxyl groups is 1. The molecule has 1 saturated carbocycles. The molecule has 0 radical (unpaired) electrons. The Labute approximate surface area is 210 Å². The molecule has 4 N–H and O–H groups in total. The van der Waals surface area contributed by atoms with Gasteiger partial charge in [-0.05, 0) is 50.3 Å². The van der Waals surface area contributed by atoms with Crippen LogP contribution in [0.4, 0.5) is 17.2 Å². The maximum Gasteiger partial charge on any atom is 0.278 e. The number of carbonyl (C=O) groups excluding carboxylic acids is 2. The Morgan fingerprint density at radius 2 is 1.83 bits per heavy atom. The van der Waals surface area contributed by atoms with Crippen molar-refractivity contribution in [3.05, 3.63) is 65.6 Å². The van der Waals surface area contributed by atoms with Crippen molar-refractivity contribution in [3.63, 3.8) is 0 Å². The van der Waals surface area contributed by atoms with Crippen molar-refractivity contribution in [3.8, 4) is 0 Å². The summed E-state index contributed by atoms with van der Waals surface area (Å²) in [5, 5.41) is 18.7. The van der Waals surface area contributed by atoms with Gasteiger partial charge in [0.2, 0.25) is 0 Å². The summed E-state index contributed by atoms with van der Waals surface area (Å²) < 4.78 is 0. The average Bonchev–Trinajstić information content (AvgIpc) is 3.68. The van der Waals surface area contributed by atoms with Crippen LogP contribution in [0.15, 0.2) is 43.1 Å². The number of hydrogen-bond donors (Lipinski definition) is 4. The van der Waals surface area contributed by atoms with Gasteiger partial charge < -0.3 is 21.1 Å². The summed E-state index contributed by atoms with van der Waals surface area (Å²) in [6, 6.07) is 5.34. The first-order chi connectivity index (χ1) is 17.1. The molecule has 0 unspecified atom stereocenters. The van der Waals surface area contributed by atoms with E-state index in [0.29, 0.717) is 22.9 Å². The summed E-state index contributed by atoms with van der Waals surface area (Å²) in [7, 11) is 0. The molecule has 36 heavy (non-hydrogen) atoms. The molecular weight excluding hydrogens is 458 g/mol. The molecule has 1 aromatic carbocycles. The summed E-state index contributed by atoms with van der Waals surface area (Å²) >= 11 is 0. The van der Waals surface area contributed by atoms with Gasteiger partial charge in [-0.25, -0.2) is 19.9 Å². The van der Waals surface area contributed by atoms with E-state index in [2.05, 4.69) is 35.9 Å². The van der Waals surface area contributed by atoms with Gasteiger partial charge in [-0.2, -0.15) is 0 Å². The summed E-state index contributed by atoms with van der Waals surface area (Å²) in [4.78, 5) is 43.5. The van der Waals surface area contributed by atoms with Crippen LogP contribution < -0.4 is 16.0 Å². The highest BCUT2D eigenvalue weighted by molar-refractivity contribution is 6.10. The van der Waals surface area contributed by atoms with Crippen LogP contribution in [0.25, 0.3) is 0 Å². The number of nitrogens with one attached hydrogen (secondary N) is 3. The molecule has 0 aliphatic heterocycles. The largest absolute Gasteiger partial charge is 0.389 e. The number of nitrogens with zero attached hydrogens (tertiary/aromatic N) is 4. The second kappa shape index (κ2) is 10.4. The third kappa shape index (κ3) is 6.39. The van der Waals surface area contributed by atoms with Crippen LogP contribution in [0.3, 0.4) is 0 Å². The lowest BCUT2D eigenvalue weighted by molar-refractivity contribution is 0.0694. The number of hydrogen-bond acceptors (Lipinski definition) is 8. The van der Waals surface area contributed by atoms with Crippen LogP contribution in [-0.2, 0) is 0 Å². The smallest absolute Gasteiger partial charge is 0.278 e. The topological polar surface area (TPSA) is 142 Å². The Morgan fingerprint density at radius 1 is 1.11 bits per heavy atom. The van der Waals surface area contributed by atoms with Gasteiger partial charge in [0, 0.05) is 12.5 Å². The standard InChI is InChI=1S/C26H31N7O3/c1-15(2)17-7-8-20(19(9-17)24(34)30-13-26(3,4)36)33-25(35)22-23(31-18-10-27-14-28-11-18)29-12-21(32-22)16-5-6-16/h7-12,14-16,36H,5-6,13H2,1-4H3,(H,29,31)(H,30,34)(H,33,35). The van der Waals surface area contributed by atoms with Gasteiger partial charge in [0.1, 0.15) is 6.33 Å². The van der Waals surface area contributed by atoms with Crippen molar-refractivity contribution >= 4 is 29.0 Å². The van der Waals surface area contributed by atoms with E-state index in [-0.39, 0.29) is 24.0 Å².